The topological polar surface area (TPSA) is 57.5 Å². The maximum absolute atomic E-state index is 4.84. The molecule has 6 nitrogen and oxygen atoms in total. The molecular weight excluding hydrogens is 324 g/mol. The molecular formula is C20H38N6. The van der Waals surface area contributed by atoms with Gasteiger partial charge in [-0.05, 0) is 53.6 Å². The molecule has 1 fully saturated rings. The first kappa shape index (κ1) is 20.7. The van der Waals surface area contributed by atoms with Crippen LogP contribution >= 0.6 is 0 Å². The molecule has 0 amide bonds. The molecule has 26 heavy (non-hydrogen) atoms. The highest BCUT2D eigenvalue weighted by Crippen LogP contribution is 2.35. The third-order valence-electron chi connectivity index (χ3n) is 6.00. The molecule has 148 valence electrons. The number of rotatable bonds is 6. The van der Waals surface area contributed by atoms with Crippen LogP contribution in [-0.2, 0) is 13.6 Å². The minimum atomic E-state index is 0.216. The Bertz CT molecular complexity index is 618. The van der Waals surface area contributed by atoms with E-state index in [1.54, 1.807) is 0 Å². The number of aliphatic imine (C=N–C) groups is 1. The second kappa shape index (κ2) is 8.89. The molecule has 2 rings (SSSR count). The van der Waals surface area contributed by atoms with Gasteiger partial charge in [0.15, 0.2) is 5.96 Å². The monoisotopic (exact) mass is 362 g/mol. The molecule has 6 heteroatoms. The van der Waals surface area contributed by atoms with Gasteiger partial charge >= 0.3 is 0 Å². The van der Waals surface area contributed by atoms with Crippen LogP contribution in [-0.4, -0.2) is 53.4 Å². The second-order valence-corrected chi connectivity index (χ2v) is 8.14. The first-order valence-corrected chi connectivity index (χ1v) is 9.97. The predicted octanol–water partition coefficient (Wildman–Crippen LogP) is 2.60. The molecule has 0 aliphatic heterocycles. The summed E-state index contributed by atoms with van der Waals surface area (Å²) in [7, 11) is 6.42. The van der Waals surface area contributed by atoms with Crippen molar-refractivity contribution in [3.63, 3.8) is 0 Å². The zero-order chi connectivity index (χ0) is 19.3. The highest BCUT2D eigenvalue weighted by Gasteiger charge is 2.36. The predicted molar refractivity (Wildman–Crippen MR) is 110 cm³/mol. The average molecular weight is 363 g/mol. The van der Waals surface area contributed by atoms with Gasteiger partial charge in [-0.15, -0.1) is 0 Å². The van der Waals surface area contributed by atoms with Crippen LogP contribution in [0, 0.1) is 19.8 Å². The van der Waals surface area contributed by atoms with Gasteiger partial charge < -0.3 is 15.5 Å². The minimum Gasteiger partial charge on any atom is -0.357 e. The zero-order valence-electron chi connectivity index (χ0n) is 17.8. The molecule has 1 aliphatic rings. The second-order valence-electron chi connectivity index (χ2n) is 8.14. The average Bonchev–Trinajstić information content (AvgIpc) is 2.82. The van der Waals surface area contributed by atoms with Gasteiger partial charge in [0.2, 0.25) is 0 Å². The van der Waals surface area contributed by atoms with E-state index in [1.165, 1.54) is 36.9 Å². The van der Waals surface area contributed by atoms with Gasteiger partial charge in [0.25, 0.3) is 0 Å². The minimum absolute atomic E-state index is 0.216. The number of likely N-dealkylation sites (N-methyl/N-ethyl adjacent to an activating group) is 1. The quantitative estimate of drug-likeness (QED) is 0.603. The summed E-state index contributed by atoms with van der Waals surface area (Å²) in [5, 5.41) is 11.5. The molecule has 0 saturated heterocycles. The summed E-state index contributed by atoms with van der Waals surface area (Å²) in [6.45, 7) is 11.1. The molecule has 0 spiro atoms. The van der Waals surface area contributed by atoms with E-state index in [-0.39, 0.29) is 5.54 Å². The van der Waals surface area contributed by atoms with Crippen molar-refractivity contribution < 1.29 is 0 Å². The number of nitrogens with zero attached hydrogens (tertiary/aromatic N) is 4. The summed E-state index contributed by atoms with van der Waals surface area (Å²) in [5.74, 6) is 1.68. The van der Waals surface area contributed by atoms with Crippen LogP contribution in [0.4, 0.5) is 0 Å². The van der Waals surface area contributed by atoms with Gasteiger partial charge in [0, 0.05) is 36.9 Å². The van der Waals surface area contributed by atoms with E-state index >= 15 is 0 Å². The summed E-state index contributed by atoms with van der Waals surface area (Å²) in [4.78, 5) is 7.25. The summed E-state index contributed by atoms with van der Waals surface area (Å²) < 4.78 is 1.94. The van der Waals surface area contributed by atoms with Gasteiger partial charge in [-0.2, -0.15) is 5.10 Å². The van der Waals surface area contributed by atoms with E-state index in [0.717, 1.165) is 30.7 Å². The van der Waals surface area contributed by atoms with E-state index < -0.39 is 0 Å². The molecule has 1 heterocycles. The van der Waals surface area contributed by atoms with E-state index in [2.05, 4.69) is 62.4 Å². The lowest BCUT2D eigenvalue weighted by molar-refractivity contribution is 0.0795. The van der Waals surface area contributed by atoms with Crippen molar-refractivity contribution in [2.75, 3.05) is 27.2 Å². The van der Waals surface area contributed by atoms with Crippen LogP contribution in [0.3, 0.4) is 0 Å². The molecule has 1 aromatic rings. The van der Waals surface area contributed by atoms with Crippen LogP contribution in [0.15, 0.2) is 4.99 Å². The van der Waals surface area contributed by atoms with Crippen molar-refractivity contribution in [2.24, 2.45) is 18.0 Å². The number of guanidine groups is 1. The summed E-state index contributed by atoms with van der Waals surface area (Å²) in [6, 6.07) is 0. The fourth-order valence-corrected chi connectivity index (χ4v) is 4.15. The van der Waals surface area contributed by atoms with E-state index in [0.29, 0.717) is 6.54 Å². The fourth-order valence-electron chi connectivity index (χ4n) is 4.15. The Labute approximate surface area is 159 Å². The third-order valence-corrected chi connectivity index (χ3v) is 6.00. The van der Waals surface area contributed by atoms with Crippen molar-refractivity contribution in [1.82, 2.24) is 25.3 Å². The van der Waals surface area contributed by atoms with Gasteiger partial charge in [-0.3, -0.25) is 4.68 Å². The summed E-state index contributed by atoms with van der Waals surface area (Å²) in [5.41, 5.74) is 3.69. The normalized spacial score (nSPS) is 24.2. The van der Waals surface area contributed by atoms with Gasteiger partial charge in [-0.1, -0.05) is 19.8 Å². The van der Waals surface area contributed by atoms with Crippen molar-refractivity contribution in [3.8, 4) is 0 Å². The largest absolute Gasteiger partial charge is 0.357 e. The van der Waals surface area contributed by atoms with Gasteiger partial charge in [0.1, 0.15) is 0 Å². The summed E-state index contributed by atoms with van der Waals surface area (Å²) >= 11 is 0. The van der Waals surface area contributed by atoms with Gasteiger partial charge in [-0.25, -0.2) is 4.99 Å². The van der Waals surface area contributed by atoms with Crippen LogP contribution < -0.4 is 10.6 Å². The standard InChI is InChI=1S/C20H38N6/c1-8-21-19(22-13-18-16(3)24-26(7)17(18)4)23-14-20(25(5)6)11-9-10-15(2)12-20/h15H,8-14H2,1-7H3,(H2,21,22,23). The molecule has 1 saturated carbocycles. The molecule has 2 N–H and O–H groups in total. The Morgan fingerprint density at radius 1 is 1.35 bits per heavy atom. The molecule has 2 unspecified atom stereocenters. The Morgan fingerprint density at radius 2 is 2.08 bits per heavy atom. The lowest BCUT2D eigenvalue weighted by Crippen LogP contribution is -2.56. The van der Waals surface area contributed by atoms with Crippen LogP contribution in [0.5, 0.6) is 0 Å². The number of aryl methyl sites for hydroxylation is 2. The maximum atomic E-state index is 4.84. The number of aromatic nitrogens is 2. The van der Waals surface area contributed by atoms with Crippen molar-refractivity contribution in [3.05, 3.63) is 17.0 Å². The molecule has 0 aromatic carbocycles. The molecule has 0 bridgehead atoms. The van der Waals surface area contributed by atoms with E-state index in [1.807, 2.05) is 11.7 Å². The third kappa shape index (κ3) is 4.78. The highest BCUT2D eigenvalue weighted by atomic mass is 15.3. The van der Waals surface area contributed by atoms with Crippen molar-refractivity contribution in [1.29, 1.82) is 0 Å². The van der Waals surface area contributed by atoms with Crippen LogP contribution in [0.1, 0.15) is 56.5 Å². The van der Waals surface area contributed by atoms with Crippen LogP contribution in [0.2, 0.25) is 0 Å². The van der Waals surface area contributed by atoms with Crippen LogP contribution in [0.25, 0.3) is 0 Å². The lowest BCUT2D eigenvalue weighted by atomic mass is 9.75. The first-order chi connectivity index (χ1) is 12.3. The number of hydrogen-bond acceptors (Lipinski definition) is 3. The smallest absolute Gasteiger partial charge is 0.191 e. The molecule has 2 atom stereocenters. The van der Waals surface area contributed by atoms with Crippen molar-refractivity contribution in [2.45, 2.75) is 65.5 Å². The van der Waals surface area contributed by atoms with Gasteiger partial charge in [0.05, 0.1) is 12.2 Å². The van der Waals surface area contributed by atoms with Crippen molar-refractivity contribution >= 4 is 5.96 Å². The highest BCUT2D eigenvalue weighted by molar-refractivity contribution is 5.79. The Balaban J connectivity index is 2.09. The molecule has 1 aromatic heterocycles. The maximum Gasteiger partial charge on any atom is 0.191 e. The summed E-state index contributed by atoms with van der Waals surface area (Å²) in [6.07, 6.45) is 5.15. The SMILES string of the molecule is CCNC(=NCc1c(C)nn(C)c1C)NCC1(N(C)C)CCCC(C)C1. The molecule has 0 radical (unpaired) electrons. The number of hydrogen-bond donors (Lipinski definition) is 2. The fraction of sp³-hybridized carbons (Fsp3) is 0.800. The molecule has 1 aliphatic carbocycles. The Morgan fingerprint density at radius 3 is 2.62 bits per heavy atom. The number of nitrogens with one attached hydrogen (secondary N) is 2. The Hall–Kier alpha value is -1.56. The van der Waals surface area contributed by atoms with E-state index in [9.17, 15) is 0 Å². The van der Waals surface area contributed by atoms with E-state index in [4.69, 9.17) is 4.99 Å². The first-order valence-electron chi connectivity index (χ1n) is 9.97. The Kier molecular flexibility index (Phi) is 7.09. The lowest BCUT2D eigenvalue weighted by Gasteiger charge is -2.45. The zero-order valence-corrected chi connectivity index (χ0v) is 17.8.